The van der Waals surface area contributed by atoms with Crippen molar-refractivity contribution < 1.29 is 9.90 Å². The third-order valence-corrected chi connectivity index (χ3v) is 4.82. The Kier molecular flexibility index (Phi) is 6.32. The molecule has 0 bridgehead atoms. The number of carbonyl (C=O) groups excluding carboxylic acids is 1. The van der Waals surface area contributed by atoms with Gasteiger partial charge in [0, 0.05) is 34.7 Å². The fourth-order valence-corrected chi connectivity index (χ4v) is 3.43. The number of nitrogens with zero attached hydrogens (tertiary/aromatic N) is 2. The van der Waals surface area contributed by atoms with Gasteiger partial charge in [0.2, 0.25) is 0 Å². The van der Waals surface area contributed by atoms with Gasteiger partial charge in [-0.1, -0.05) is 47.5 Å². The minimum atomic E-state index is -0.428. The van der Waals surface area contributed by atoms with Crippen LogP contribution in [0.1, 0.15) is 36.8 Å². The highest BCUT2D eigenvalue weighted by atomic mass is 35.5. The van der Waals surface area contributed by atoms with Crippen LogP contribution < -0.4 is 5.32 Å². The second-order valence-electron chi connectivity index (χ2n) is 7.72. The summed E-state index contributed by atoms with van der Waals surface area (Å²) in [4.78, 5) is 13.0. The van der Waals surface area contributed by atoms with Gasteiger partial charge in [-0.15, -0.1) is 0 Å². The number of benzene rings is 2. The smallest absolute Gasteiger partial charge is 0.272 e. The topological polar surface area (TPSA) is 67.2 Å². The zero-order valence-electron chi connectivity index (χ0n) is 16.5. The summed E-state index contributed by atoms with van der Waals surface area (Å²) >= 11 is 12.5. The average Bonchev–Trinajstić information content (AvgIpc) is 3.01. The Morgan fingerprint density at radius 2 is 1.76 bits per heavy atom. The molecule has 0 unspecified atom stereocenters. The maximum Gasteiger partial charge on any atom is 0.272 e. The number of nitrogens with one attached hydrogen (secondary N) is 1. The fraction of sp³-hybridized carbons (Fsp3) is 0.273. The van der Waals surface area contributed by atoms with Crippen molar-refractivity contribution in [2.24, 2.45) is 0 Å². The van der Waals surface area contributed by atoms with Crippen molar-refractivity contribution in [2.45, 2.75) is 32.7 Å². The van der Waals surface area contributed by atoms with Gasteiger partial charge in [0.25, 0.3) is 5.91 Å². The highest BCUT2D eigenvalue weighted by molar-refractivity contribution is 6.32. The molecule has 29 heavy (non-hydrogen) atoms. The van der Waals surface area contributed by atoms with Crippen LogP contribution in [-0.2, 0) is 6.42 Å². The number of halogens is 2. The molecule has 0 aliphatic heterocycles. The molecule has 1 heterocycles. The number of aliphatic hydroxyl groups excluding tert-OH is 1. The number of hydrogen-bond donors (Lipinski definition) is 2. The van der Waals surface area contributed by atoms with E-state index in [0.717, 1.165) is 5.56 Å². The molecule has 0 aliphatic rings. The quantitative estimate of drug-likeness (QED) is 0.602. The standard InChI is InChI=1S/C22H23Cl2N3O2/c1-22(2,3)25-21(29)19-16(12-13-28)20(14-8-10-15(23)11-9-14)27(26-19)18-7-5-4-6-17(18)24/h4-11,28H,12-13H2,1-3H3,(H,25,29). The number of aromatic nitrogens is 2. The van der Waals surface area contributed by atoms with Crippen LogP contribution in [0.3, 0.4) is 0 Å². The number of hydrogen-bond acceptors (Lipinski definition) is 3. The maximum atomic E-state index is 13.0. The minimum absolute atomic E-state index is 0.120. The van der Waals surface area contributed by atoms with E-state index in [0.29, 0.717) is 27.0 Å². The molecule has 0 saturated heterocycles. The monoisotopic (exact) mass is 431 g/mol. The van der Waals surface area contributed by atoms with Crippen molar-refractivity contribution in [1.82, 2.24) is 15.1 Å². The van der Waals surface area contributed by atoms with Crippen LogP contribution in [0.15, 0.2) is 48.5 Å². The van der Waals surface area contributed by atoms with Gasteiger partial charge in [-0.3, -0.25) is 4.79 Å². The summed E-state index contributed by atoms with van der Waals surface area (Å²) in [7, 11) is 0. The lowest BCUT2D eigenvalue weighted by molar-refractivity contribution is 0.0913. The highest BCUT2D eigenvalue weighted by Gasteiger charge is 2.27. The second kappa shape index (κ2) is 8.57. The molecule has 0 saturated carbocycles. The average molecular weight is 432 g/mol. The number of carbonyl (C=O) groups is 1. The molecule has 0 spiro atoms. The number of rotatable bonds is 5. The molecular weight excluding hydrogens is 409 g/mol. The Labute approximate surface area is 180 Å². The summed E-state index contributed by atoms with van der Waals surface area (Å²) in [6.07, 6.45) is 0.273. The predicted molar refractivity (Wildman–Crippen MR) is 117 cm³/mol. The molecule has 0 fully saturated rings. The third-order valence-electron chi connectivity index (χ3n) is 4.25. The third kappa shape index (κ3) is 4.81. The molecule has 0 radical (unpaired) electrons. The van der Waals surface area contributed by atoms with Gasteiger partial charge in [-0.25, -0.2) is 4.68 Å². The van der Waals surface area contributed by atoms with E-state index in [4.69, 9.17) is 23.2 Å². The Morgan fingerprint density at radius 3 is 2.34 bits per heavy atom. The van der Waals surface area contributed by atoms with Gasteiger partial charge in [0.05, 0.1) is 16.4 Å². The first-order chi connectivity index (χ1) is 13.7. The molecule has 1 aromatic heterocycles. The van der Waals surface area contributed by atoms with Crippen molar-refractivity contribution in [3.63, 3.8) is 0 Å². The Bertz CT molecular complexity index is 1020. The molecule has 3 aromatic rings. The van der Waals surface area contributed by atoms with Gasteiger partial charge in [0.1, 0.15) is 0 Å². The van der Waals surface area contributed by atoms with Crippen LogP contribution >= 0.6 is 23.2 Å². The van der Waals surface area contributed by atoms with E-state index in [-0.39, 0.29) is 24.6 Å². The van der Waals surface area contributed by atoms with E-state index in [9.17, 15) is 9.90 Å². The lowest BCUT2D eigenvalue weighted by Crippen LogP contribution is -2.41. The van der Waals surface area contributed by atoms with Gasteiger partial charge >= 0.3 is 0 Å². The van der Waals surface area contributed by atoms with Crippen LogP contribution in [0.5, 0.6) is 0 Å². The number of aliphatic hydroxyl groups is 1. The van der Waals surface area contributed by atoms with E-state index in [1.165, 1.54) is 0 Å². The van der Waals surface area contributed by atoms with Crippen molar-refractivity contribution in [3.05, 3.63) is 69.8 Å². The van der Waals surface area contributed by atoms with Crippen LogP contribution in [-0.4, -0.2) is 32.9 Å². The van der Waals surface area contributed by atoms with E-state index in [1.54, 1.807) is 22.9 Å². The molecule has 1 amide bonds. The normalized spacial score (nSPS) is 11.5. The van der Waals surface area contributed by atoms with Crippen molar-refractivity contribution >= 4 is 29.1 Å². The molecule has 152 valence electrons. The predicted octanol–water partition coefficient (Wildman–Crippen LogP) is 4.91. The summed E-state index contributed by atoms with van der Waals surface area (Å²) in [5.41, 5.74) is 2.65. The van der Waals surface area contributed by atoms with E-state index in [2.05, 4.69) is 10.4 Å². The van der Waals surface area contributed by atoms with Crippen LogP contribution in [0.25, 0.3) is 16.9 Å². The first-order valence-electron chi connectivity index (χ1n) is 9.27. The van der Waals surface area contributed by atoms with Crippen LogP contribution in [0.2, 0.25) is 10.0 Å². The summed E-state index contributed by atoms with van der Waals surface area (Å²) in [6, 6.07) is 14.6. The van der Waals surface area contributed by atoms with E-state index < -0.39 is 5.54 Å². The first-order valence-corrected chi connectivity index (χ1v) is 10.0. The molecule has 0 aliphatic carbocycles. The Hall–Kier alpha value is -2.34. The fourth-order valence-electron chi connectivity index (χ4n) is 3.08. The zero-order valence-corrected chi connectivity index (χ0v) is 18.1. The molecule has 0 atom stereocenters. The Morgan fingerprint density at radius 1 is 1.10 bits per heavy atom. The van der Waals surface area contributed by atoms with Crippen molar-refractivity contribution in [2.75, 3.05) is 6.61 Å². The van der Waals surface area contributed by atoms with Gasteiger partial charge in [-0.05, 0) is 45.0 Å². The minimum Gasteiger partial charge on any atom is -0.396 e. The lowest BCUT2D eigenvalue weighted by atomic mass is 10.0. The molecule has 3 rings (SSSR count). The summed E-state index contributed by atoms with van der Waals surface area (Å²) < 4.78 is 1.66. The van der Waals surface area contributed by atoms with Crippen molar-refractivity contribution in [3.8, 4) is 16.9 Å². The highest BCUT2D eigenvalue weighted by Crippen LogP contribution is 2.33. The zero-order chi connectivity index (χ0) is 21.2. The maximum absolute atomic E-state index is 13.0. The van der Waals surface area contributed by atoms with Crippen molar-refractivity contribution in [1.29, 1.82) is 0 Å². The SMILES string of the molecule is CC(C)(C)NC(=O)c1nn(-c2ccccc2Cl)c(-c2ccc(Cl)cc2)c1CCO. The van der Waals surface area contributed by atoms with E-state index >= 15 is 0 Å². The summed E-state index contributed by atoms with van der Waals surface area (Å²) in [5.74, 6) is -0.304. The number of amides is 1. The molecular formula is C22H23Cl2N3O2. The van der Waals surface area contributed by atoms with Crippen LogP contribution in [0.4, 0.5) is 0 Å². The first kappa shape index (κ1) is 21.4. The molecule has 2 N–H and O–H groups in total. The van der Waals surface area contributed by atoms with Crippen LogP contribution in [0, 0.1) is 0 Å². The molecule has 2 aromatic carbocycles. The largest absolute Gasteiger partial charge is 0.396 e. The number of para-hydroxylation sites is 1. The second-order valence-corrected chi connectivity index (χ2v) is 8.57. The molecule has 5 nitrogen and oxygen atoms in total. The lowest BCUT2D eigenvalue weighted by Gasteiger charge is -2.20. The summed E-state index contributed by atoms with van der Waals surface area (Å²) in [5, 5.41) is 18.4. The summed E-state index contributed by atoms with van der Waals surface area (Å²) in [6.45, 7) is 5.59. The molecule has 7 heteroatoms. The van der Waals surface area contributed by atoms with E-state index in [1.807, 2.05) is 51.1 Å². The van der Waals surface area contributed by atoms with Gasteiger partial charge in [0.15, 0.2) is 5.69 Å². The van der Waals surface area contributed by atoms with Gasteiger partial charge < -0.3 is 10.4 Å². The Balaban J connectivity index is 2.28. The van der Waals surface area contributed by atoms with Gasteiger partial charge in [-0.2, -0.15) is 5.10 Å².